The molecule has 0 aliphatic heterocycles. The smallest absolute Gasteiger partial charge is 0.0409 e. The fraction of sp³-hybridized carbons (Fsp3) is 0.250. The van der Waals surface area contributed by atoms with Gasteiger partial charge >= 0.3 is 0 Å². The molecule has 0 saturated heterocycles. The lowest BCUT2D eigenvalue weighted by molar-refractivity contribution is 0.735. The van der Waals surface area contributed by atoms with Crippen molar-refractivity contribution >= 4 is 11.6 Å². The lowest BCUT2D eigenvalue weighted by Crippen LogP contribution is -1.95. The Morgan fingerprint density at radius 1 is 1.06 bits per heavy atom. The molecule has 1 atom stereocenters. The molecule has 0 amide bonds. The van der Waals surface area contributed by atoms with Crippen molar-refractivity contribution in [2.24, 2.45) is 0 Å². The van der Waals surface area contributed by atoms with Crippen LogP contribution in [0.25, 0.3) is 11.1 Å². The second-order valence-electron chi connectivity index (χ2n) is 4.41. The van der Waals surface area contributed by atoms with Gasteiger partial charge in [-0.15, -0.1) is 0 Å². The highest BCUT2D eigenvalue weighted by atomic mass is 35.5. The molecule has 2 rings (SSSR count). The van der Waals surface area contributed by atoms with Crippen LogP contribution in [0, 0.1) is 0 Å². The molecule has 0 saturated carbocycles. The van der Waals surface area contributed by atoms with E-state index >= 15 is 0 Å². The summed E-state index contributed by atoms with van der Waals surface area (Å²) in [6, 6.07) is 16.7. The molecule has 88 valence electrons. The van der Waals surface area contributed by atoms with E-state index in [0.717, 1.165) is 11.4 Å². The number of hydrogen-bond donors (Lipinski definition) is 0. The van der Waals surface area contributed by atoms with Crippen molar-refractivity contribution in [3.63, 3.8) is 0 Å². The van der Waals surface area contributed by atoms with E-state index in [4.69, 9.17) is 11.6 Å². The van der Waals surface area contributed by atoms with Crippen LogP contribution in [0.2, 0.25) is 5.02 Å². The van der Waals surface area contributed by atoms with E-state index in [1.165, 1.54) is 16.7 Å². The summed E-state index contributed by atoms with van der Waals surface area (Å²) in [5.74, 6) is 0.531. The monoisotopic (exact) mass is 244 g/mol. The highest BCUT2D eigenvalue weighted by Crippen LogP contribution is 2.32. The first-order valence-electron chi connectivity index (χ1n) is 6.07. The van der Waals surface area contributed by atoms with Gasteiger partial charge in [-0.3, -0.25) is 0 Å². The molecule has 1 heteroatoms. The summed E-state index contributed by atoms with van der Waals surface area (Å²) in [5, 5.41) is 0.819. The van der Waals surface area contributed by atoms with Gasteiger partial charge in [0.2, 0.25) is 0 Å². The quantitative estimate of drug-likeness (QED) is 0.667. The Hall–Kier alpha value is -1.27. The van der Waals surface area contributed by atoms with Gasteiger partial charge in [-0.05, 0) is 41.2 Å². The highest BCUT2D eigenvalue weighted by Gasteiger charge is 2.10. The molecule has 0 heterocycles. The van der Waals surface area contributed by atoms with Crippen LogP contribution < -0.4 is 0 Å². The van der Waals surface area contributed by atoms with Gasteiger partial charge in [0, 0.05) is 5.02 Å². The lowest BCUT2D eigenvalue weighted by Gasteiger charge is -2.15. The molecule has 0 aliphatic rings. The molecule has 0 N–H and O–H groups in total. The van der Waals surface area contributed by atoms with Crippen LogP contribution in [0.1, 0.15) is 31.7 Å². The summed E-state index contributed by atoms with van der Waals surface area (Å²) in [7, 11) is 0. The predicted molar refractivity (Wildman–Crippen MR) is 75.6 cm³/mol. The minimum atomic E-state index is 0.531. The van der Waals surface area contributed by atoms with Crippen molar-refractivity contribution in [1.29, 1.82) is 0 Å². The van der Waals surface area contributed by atoms with Crippen LogP contribution in [0.4, 0.5) is 0 Å². The van der Waals surface area contributed by atoms with E-state index in [1.54, 1.807) is 0 Å². The SMILES string of the molecule is CCC(C)c1cc(Cl)ccc1-c1ccccc1. The summed E-state index contributed by atoms with van der Waals surface area (Å²) >= 11 is 6.11. The second kappa shape index (κ2) is 5.37. The minimum absolute atomic E-state index is 0.531. The van der Waals surface area contributed by atoms with Gasteiger partial charge in [-0.2, -0.15) is 0 Å². The van der Waals surface area contributed by atoms with Crippen molar-refractivity contribution in [2.45, 2.75) is 26.2 Å². The molecule has 17 heavy (non-hydrogen) atoms. The zero-order valence-electron chi connectivity index (χ0n) is 10.3. The van der Waals surface area contributed by atoms with Gasteiger partial charge in [0.25, 0.3) is 0 Å². The summed E-state index contributed by atoms with van der Waals surface area (Å²) in [4.78, 5) is 0. The Balaban J connectivity index is 2.54. The number of halogens is 1. The average Bonchev–Trinajstić information content (AvgIpc) is 2.38. The first-order chi connectivity index (χ1) is 8.22. The molecule has 0 fully saturated rings. The molecular weight excluding hydrogens is 228 g/mol. The maximum atomic E-state index is 6.11. The second-order valence-corrected chi connectivity index (χ2v) is 4.84. The number of rotatable bonds is 3. The topological polar surface area (TPSA) is 0 Å². The molecule has 0 aliphatic carbocycles. The molecule has 1 unspecified atom stereocenters. The van der Waals surface area contributed by atoms with E-state index in [9.17, 15) is 0 Å². The lowest BCUT2D eigenvalue weighted by atomic mass is 9.90. The molecule has 0 bridgehead atoms. The third kappa shape index (κ3) is 2.70. The maximum Gasteiger partial charge on any atom is 0.0409 e. The fourth-order valence-electron chi connectivity index (χ4n) is 2.04. The van der Waals surface area contributed by atoms with Crippen LogP contribution in [0.3, 0.4) is 0 Å². The zero-order valence-corrected chi connectivity index (χ0v) is 11.0. The summed E-state index contributed by atoms with van der Waals surface area (Å²) in [6.45, 7) is 4.46. The Kier molecular flexibility index (Phi) is 3.86. The van der Waals surface area contributed by atoms with E-state index in [1.807, 2.05) is 12.1 Å². The van der Waals surface area contributed by atoms with E-state index in [-0.39, 0.29) is 0 Å². The minimum Gasteiger partial charge on any atom is -0.0843 e. The maximum absolute atomic E-state index is 6.11. The van der Waals surface area contributed by atoms with Crippen LogP contribution in [0.15, 0.2) is 48.5 Å². The molecule has 0 spiro atoms. The third-order valence-corrected chi connectivity index (χ3v) is 3.48. The average molecular weight is 245 g/mol. The van der Waals surface area contributed by atoms with Crippen molar-refractivity contribution in [1.82, 2.24) is 0 Å². The van der Waals surface area contributed by atoms with Gasteiger partial charge in [-0.1, -0.05) is 61.8 Å². The highest BCUT2D eigenvalue weighted by molar-refractivity contribution is 6.30. The molecule has 0 aromatic heterocycles. The van der Waals surface area contributed by atoms with Crippen molar-refractivity contribution < 1.29 is 0 Å². The summed E-state index contributed by atoms with van der Waals surface area (Å²) in [5.41, 5.74) is 3.90. The first kappa shape index (κ1) is 12.2. The number of hydrogen-bond acceptors (Lipinski definition) is 0. The normalized spacial score (nSPS) is 12.4. The van der Waals surface area contributed by atoms with Gasteiger partial charge in [-0.25, -0.2) is 0 Å². The Bertz CT molecular complexity index is 488. The van der Waals surface area contributed by atoms with Crippen LogP contribution in [0.5, 0.6) is 0 Å². The molecule has 2 aromatic rings. The van der Waals surface area contributed by atoms with Crippen LogP contribution in [-0.2, 0) is 0 Å². The van der Waals surface area contributed by atoms with Gasteiger partial charge in [0.05, 0.1) is 0 Å². The van der Waals surface area contributed by atoms with E-state index in [2.05, 4.69) is 50.2 Å². The zero-order chi connectivity index (χ0) is 12.3. The third-order valence-electron chi connectivity index (χ3n) is 3.24. The van der Waals surface area contributed by atoms with Crippen LogP contribution in [-0.4, -0.2) is 0 Å². The molecule has 2 aromatic carbocycles. The van der Waals surface area contributed by atoms with Gasteiger partial charge in [0.15, 0.2) is 0 Å². The molecular formula is C16H17Cl. The largest absolute Gasteiger partial charge is 0.0843 e. The standard InChI is InChI=1S/C16H17Cl/c1-3-12(2)16-11-14(17)9-10-15(16)13-7-5-4-6-8-13/h4-12H,3H2,1-2H3. The van der Waals surface area contributed by atoms with Crippen molar-refractivity contribution in [2.75, 3.05) is 0 Å². The fourth-order valence-corrected chi connectivity index (χ4v) is 2.22. The predicted octanol–water partition coefficient (Wildman–Crippen LogP) is 5.52. The Morgan fingerprint density at radius 2 is 1.76 bits per heavy atom. The molecule has 0 nitrogen and oxygen atoms in total. The molecule has 0 radical (unpaired) electrons. The van der Waals surface area contributed by atoms with Gasteiger partial charge < -0.3 is 0 Å². The summed E-state index contributed by atoms with van der Waals surface area (Å²) in [6.07, 6.45) is 1.13. The Morgan fingerprint density at radius 3 is 2.41 bits per heavy atom. The van der Waals surface area contributed by atoms with E-state index < -0.39 is 0 Å². The van der Waals surface area contributed by atoms with E-state index in [0.29, 0.717) is 5.92 Å². The number of benzene rings is 2. The van der Waals surface area contributed by atoms with Crippen LogP contribution >= 0.6 is 11.6 Å². The first-order valence-corrected chi connectivity index (χ1v) is 6.45. The van der Waals surface area contributed by atoms with Crippen molar-refractivity contribution in [3.05, 3.63) is 59.1 Å². The van der Waals surface area contributed by atoms with Crippen molar-refractivity contribution in [3.8, 4) is 11.1 Å². The summed E-state index contributed by atoms with van der Waals surface area (Å²) < 4.78 is 0. The van der Waals surface area contributed by atoms with Gasteiger partial charge in [0.1, 0.15) is 0 Å². The Labute approximate surface area is 108 Å².